The maximum atomic E-state index is 13.1. The SMILES string of the molecule is CCCS(=O)(=O)[C@@H](C)C(=O)N[C@H](c1ccccc1)C(F)(F)F. The maximum absolute atomic E-state index is 13.1. The van der Waals surface area contributed by atoms with Crippen molar-refractivity contribution in [3.63, 3.8) is 0 Å². The lowest BCUT2D eigenvalue weighted by molar-refractivity contribution is -0.163. The number of rotatable bonds is 6. The van der Waals surface area contributed by atoms with Gasteiger partial charge >= 0.3 is 6.18 Å². The Morgan fingerprint density at radius 2 is 1.77 bits per heavy atom. The summed E-state index contributed by atoms with van der Waals surface area (Å²) >= 11 is 0. The minimum absolute atomic E-state index is 0.150. The van der Waals surface area contributed by atoms with Crippen LogP contribution in [0.4, 0.5) is 13.2 Å². The second-order valence-electron chi connectivity index (χ2n) is 4.90. The zero-order valence-corrected chi connectivity index (χ0v) is 13.0. The third-order valence-electron chi connectivity index (χ3n) is 3.14. The largest absolute Gasteiger partial charge is 0.412 e. The molecule has 0 aromatic heterocycles. The molecular formula is C14H18F3NO3S. The molecule has 22 heavy (non-hydrogen) atoms. The Kier molecular flexibility index (Phi) is 5.99. The molecule has 1 N–H and O–H groups in total. The van der Waals surface area contributed by atoms with Gasteiger partial charge in [0.05, 0.1) is 5.75 Å². The predicted octanol–water partition coefficient (Wildman–Crippen LogP) is 2.62. The molecule has 8 heteroatoms. The van der Waals surface area contributed by atoms with E-state index in [9.17, 15) is 26.4 Å². The highest BCUT2D eigenvalue weighted by Gasteiger charge is 2.43. The van der Waals surface area contributed by atoms with E-state index >= 15 is 0 Å². The summed E-state index contributed by atoms with van der Waals surface area (Å²) < 4.78 is 62.9. The van der Waals surface area contributed by atoms with Crippen LogP contribution in [0.5, 0.6) is 0 Å². The van der Waals surface area contributed by atoms with Gasteiger partial charge in [0.15, 0.2) is 15.9 Å². The van der Waals surface area contributed by atoms with Crippen molar-refractivity contribution in [3.8, 4) is 0 Å². The van der Waals surface area contributed by atoms with Crippen molar-refractivity contribution >= 4 is 15.7 Å². The van der Waals surface area contributed by atoms with Crippen LogP contribution in [0.15, 0.2) is 30.3 Å². The summed E-state index contributed by atoms with van der Waals surface area (Å²) in [6, 6.07) is 4.59. The molecule has 0 radical (unpaired) electrons. The van der Waals surface area contributed by atoms with Gasteiger partial charge in [0.1, 0.15) is 5.25 Å². The number of benzene rings is 1. The van der Waals surface area contributed by atoms with Crippen LogP contribution in [-0.2, 0) is 14.6 Å². The molecule has 0 unspecified atom stereocenters. The second kappa shape index (κ2) is 7.13. The van der Waals surface area contributed by atoms with Crippen LogP contribution in [-0.4, -0.2) is 31.5 Å². The first-order valence-electron chi connectivity index (χ1n) is 6.73. The molecule has 0 saturated carbocycles. The van der Waals surface area contributed by atoms with Crippen LogP contribution in [0.3, 0.4) is 0 Å². The quantitative estimate of drug-likeness (QED) is 0.868. The summed E-state index contributed by atoms with van der Waals surface area (Å²) in [5, 5.41) is 0.268. The zero-order valence-electron chi connectivity index (χ0n) is 12.2. The Hall–Kier alpha value is -1.57. The van der Waals surface area contributed by atoms with E-state index in [0.29, 0.717) is 6.42 Å². The first kappa shape index (κ1) is 18.5. The van der Waals surface area contributed by atoms with Gasteiger partial charge in [0.2, 0.25) is 5.91 Å². The molecule has 0 fully saturated rings. The van der Waals surface area contributed by atoms with Crippen LogP contribution in [0.2, 0.25) is 0 Å². The number of nitrogens with one attached hydrogen (secondary N) is 1. The molecule has 1 rings (SSSR count). The molecule has 0 aliphatic rings. The second-order valence-corrected chi connectivity index (χ2v) is 7.34. The van der Waals surface area contributed by atoms with Crippen molar-refractivity contribution in [3.05, 3.63) is 35.9 Å². The fourth-order valence-corrected chi connectivity index (χ4v) is 3.20. The fourth-order valence-electron chi connectivity index (χ4n) is 1.88. The monoisotopic (exact) mass is 337 g/mol. The van der Waals surface area contributed by atoms with Gasteiger partial charge in [0.25, 0.3) is 0 Å². The first-order valence-corrected chi connectivity index (χ1v) is 8.44. The topological polar surface area (TPSA) is 63.2 Å². The molecule has 0 aliphatic carbocycles. The summed E-state index contributed by atoms with van der Waals surface area (Å²) in [5.41, 5.74) is -0.150. The highest BCUT2D eigenvalue weighted by Crippen LogP contribution is 2.32. The number of carbonyl (C=O) groups is 1. The Labute approximate surface area is 127 Å². The van der Waals surface area contributed by atoms with E-state index in [-0.39, 0.29) is 11.3 Å². The third kappa shape index (κ3) is 4.72. The number of sulfone groups is 1. The molecule has 124 valence electrons. The molecular weight excluding hydrogens is 319 g/mol. The first-order chi connectivity index (χ1) is 10.1. The van der Waals surface area contributed by atoms with Gasteiger partial charge in [-0.2, -0.15) is 13.2 Å². The summed E-state index contributed by atoms with van der Waals surface area (Å²) in [7, 11) is -3.76. The summed E-state index contributed by atoms with van der Waals surface area (Å²) in [5.74, 6) is -1.40. The summed E-state index contributed by atoms with van der Waals surface area (Å²) in [6.45, 7) is 2.71. The van der Waals surface area contributed by atoms with E-state index in [4.69, 9.17) is 0 Å². The number of hydrogen-bond donors (Lipinski definition) is 1. The lowest BCUT2D eigenvalue weighted by Crippen LogP contribution is -2.45. The van der Waals surface area contributed by atoms with Crippen LogP contribution in [0.25, 0.3) is 0 Å². The van der Waals surface area contributed by atoms with E-state index in [1.807, 2.05) is 0 Å². The van der Waals surface area contributed by atoms with Crippen molar-refractivity contribution in [2.24, 2.45) is 0 Å². The van der Waals surface area contributed by atoms with Gasteiger partial charge in [-0.15, -0.1) is 0 Å². The van der Waals surface area contributed by atoms with Gasteiger partial charge in [-0.05, 0) is 18.9 Å². The Bertz CT molecular complexity index is 600. The zero-order chi connectivity index (χ0) is 17.0. The number of alkyl halides is 3. The Morgan fingerprint density at radius 1 is 1.23 bits per heavy atom. The van der Waals surface area contributed by atoms with Crippen molar-refractivity contribution in [1.82, 2.24) is 5.32 Å². The van der Waals surface area contributed by atoms with Gasteiger partial charge in [-0.3, -0.25) is 4.79 Å². The standard InChI is InChI=1S/C14H18F3NO3S/c1-3-9-22(20,21)10(2)13(19)18-12(14(15,16)17)11-7-5-4-6-8-11/h4-8,10,12H,3,9H2,1-2H3,(H,18,19)/t10-,12+/m0/s1. The van der Waals surface area contributed by atoms with Crippen LogP contribution < -0.4 is 5.32 Å². The number of carbonyl (C=O) groups excluding carboxylic acids is 1. The van der Waals surface area contributed by atoms with E-state index in [2.05, 4.69) is 0 Å². The van der Waals surface area contributed by atoms with Crippen molar-refractivity contribution in [2.45, 2.75) is 37.7 Å². The minimum atomic E-state index is -4.72. The number of hydrogen-bond acceptors (Lipinski definition) is 3. The van der Waals surface area contributed by atoms with Gasteiger partial charge in [0, 0.05) is 0 Å². The molecule has 1 amide bonds. The maximum Gasteiger partial charge on any atom is 0.412 e. The van der Waals surface area contributed by atoms with E-state index in [0.717, 1.165) is 6.92 Å². The van der Waals surface area contributed by atoms with E-state index in [1.54, 1.807) is 18.3 Å². The molecule has 0 aliphatic heterocycles. The highest BCUT2D eigenvalue weighted by molar-refractivity contribution is 7.92. The Morgan fingerprint density at radius 3 is 2.23 bits per heavy atom. The molecule has 0 saturated heterocycles. The molecule has 1 aromatic carbocycles. The third-order valence-corrected chi connectivity index (χ3v) is 5.41. The molecule has 4 nitrogen and oxygen atoms in total. The Balaban J connectivity index is 2.99. The van der Waals surface area contributed by atoms with Gasteiger partial charge in [-0.25, -0.2) is 8.42 Å². The van der Waals surface area contributed by atoms with Crippen molar-refractivity contribution < 1.29 is 26.4 Å². The molecule has 2 atom stereocenters. The van der Waals surface area contributed by atoms with Crippen LogP contribution in [0, 0.1) is 0 Å². The van der Waals surface area contributed by atoms with Gasteiger partial charge < -0.3 is 5.32 Å². The van der Waals surface area contributed by atoms with Crippen molar-refractivity contribution in [1.29, 1.82) is 0 Å². The lowest BCUT2D eigenvalue weighted by atomic mass is 10.1. The smallest absolute Gasteiger partial charge is 0.340 e. The predicted molar refractivity (Wildman–Crippen MR) is 76.9 cm³/mol. The molecule has 0 bridgehead atoms. The fraction of sp³-hybridized carbons (Fsp3) is 0.500. The van der Waals surface area contributed by atoms with Crippen LogP contribution in [0.1, 0.15) is 31.9 Å². The van der Waals surface area contributed by atoms with E-state index in [1.165, 1.54) is 24.3 Å². The average Bonchev–Trinajstić information content (AvgIpc) is 2.43. The minimum Gasteiger partial charge on any atom is -0.340 e. The van der Waals surface area contributed by atoms with Crippen molar-refractivity contribution in [2.75, 3.05) is 5.75 Å². The number of halogens is 3. The molecule has 0 heterocycles. The van der Waals surface area contributed by atoms with Gasteiger partial charge in [-0.1, -0.05) is 37.3 Å². The van der Waals surface area contributed by atoms with Crippen LogP contribution >= 0.6 is 0 Å². The average molecular weight is 337 g/mol. The van der Waals surface area contributed by atoms with E-state index < -0.39 is 33.2 Å². The highest BCUT2D eigenvalue weighted by atomic mass is 32.2. The normalized spacial score (nSPS) is 15.1. The molecule has 1 aromatic rings. The molecule has 0 spiro atoms. The summed E-state index contributed by atoms with van der Waals surface area (Å²) in [6.07, 6.45) is -4.42. The number of amides is 1. The summed E-state index contributed by atoms with van der Waals surface area (Å²) in [4.78, 5) is 11.9. The lowest BCUT2D eigenvalue weighted by Gasteiger charge is -2.23.